The fraction of sp³-hybridized carbons (Fsp3) is 0. The van der Waals surface area contributed by atoms with E-state index >= 15 is 0 Å². The van der Waals surface area contributed by atoms with E-state index < -0.39 is 0 Å². The van der Waals surface area contributed by atoms with E-state index in [0.717, 1.165) is 93.9 Å². The molecule has 8 aromatic carbocycles. The molecule has 0 aliphatic rings. The van der Waals surface area contributed by atoms with Crippen LogP contribution >= 0.6 is 0 Å². The molecule has 5 heteroatoms. The minimum Gasteiger partial charge on any atom is -0.455 e. The van der Waals surface area contributed by atoms with E-state index in [1.54, 1.807) is 0 Å². The van der Waals surface area contributed by atoms with Crippen LogP contribution in [0, 0.1) is 0 Å². The van der Waals surface area contributed by atoms with Crippen molar-refractivity contribution in [2.45, 2.75) is 0 Å². The average molecular weight is 718 g/mol. The predicted octanol–water partition coefficient (Wildman–Crippen LogP) is 13.7. The second-order valence-corrected chi connectivity index (χ2v) is 14.0. The Bertz CT molecular complexity index is 3240. The molecule has 0 spiro atoms. The topological polar surface area (TPSA) is 65.0 Å². The third-order valence-electron chi connectivity index (χ3n) is 10.5. The number of benzene rings is 8. The predicted molar refractivity (Wildman–Crippen MR) is 227 cm³/mol. The fourth-order valence-electron chi connectivity index (χ4n) is 7.79. The number of aromatic nitrogens is 3. The van der Waals surface area contributed by atoms with Crippen LogP contribution in [0.1, 0.15) is 0 Å². The molecule has 0 aliphatic heterocycles. The second-order valence-electron chi connectivity index (χ2n) is 14.0. The molecule has 0 bridgehead atoms. The summed E-state index contributed by atoms with van der Waals surface area (Å²) in [6, 6.07) is 64.5. The lowest BCUT2D eigenvalue weighted by Crippen LogP contribution is -2.00. The molecule has 0 aliphatic carbocycles. The van der Waals surface area contributed by atoms with Crippen LogP contribution in [0.5, 0.6) is 0 Å². The summed E-state index contributed by atoms with van der Waals surface area (Å²) < 4.78 is 13.3. The molecular weight excluding hydrogens is 687 g/mol. The monoisotopic (exact) mass is 717 g/mol. The second kappa shape index (κ2) is 13.0. The highest BCUT2D eigenvalue weighted by Crippen LogP contribution is 2.42. The van der Waals surface area contributed by atoms with Crippen LogP contribution in [-0.2, 0) is 0 Å². The lowest BCUT2D eigenvalue weighted by atomic mass is 9.95. The third kappa shape index (κ3) is 5.45. The molecule has 0 fully saturated rings. The lowest BCUT2D eigenvalue weighted by Gasteiger charge is -2.10. The highest BCUT2D eigenvalue weighted by Gasteiger charge is 2.20. The average Bonchev–Trinajstić information content (AvgIpc) is 3.85. The molecule has 0 atom stereocenters. The van der Waals surface area contributed by atoms with Gasteiger partial charge in [0.2, 0.25) is 0 Å². The van der Waals surface area contributed by atoms with E-state index in [1.807, 2.05) is 66.7 Å². The number of nitrogens with zero attached hydrogens (tertiary/aromatic N) is 3. The Morgan fingerprint density at radius 2 is 0.821 bits per heavy atom. The zero-order chi connectivity index (χ0) is 37.0. The summed E-state index contributed by atoms with van der Waals surface area (Å²) in [5.74, 6) is 1.74. The van der Waals surface area contributed by atoms with Crippen molar-refractivity contribution < 1.29 is 8.83 Å². The first-order chi connectivity index (χ1) is 27.7. The van der Waals surface area contributed by atoms with Crippen molar-refractivity contribution in [2.75, 3.05) is 0 Å². The van der Waals surface area contributed by atoms with Crippen LogP contribution in [0.4, 0.5) is 0 Å². The summed E-state index contributed by atoms with van der Waals surface area (Å²) in [6.07, 6.45) is 0. The summed E-state index contributed by atoms with van der Waals surface area (Å²) in [5.41, 5.74) is 12.4. The van der Waals surface area contributed by atoms with Crippen LogP contribution in [0.2, 0.25) is 0 Å². The Labute approximate surface area is 322 Å². The first-order valence-corrected chi connectivity index (χ1v) is 18.7. The van der Waals surface area contributed by atoms with Crippen molar-refractivity contribution in [2.24, 2.45) is 0 Å². The van der Waals surface area contributed by atoms with Gasteiger partial charge in [-0.15, -0.1) is 0 Å². The largest absolute Gasteiger partial charge is 0.455 e. The lowest BCUT2D eigenvalue weighted by molar-refractivity contribution is 0.669. The standard InChI is InChI=1S/C51H31N3O2/c1-4-14-32(15-5-1)35-20-12-21-37(28-35)50-52-49(34-18-8-3-9-19-34)53-51(54-50)42-24-13-23-41-40-27-26-36(31-46(40)56-47(41)42)38-29-43(33-16-6-2-7-17-33)48-44(30-38)39-22-10-11-25-45(39)55-48/h1-31H. The van der Waals surface area contributed by atoms with E-state index in [2.05, 4.69) is 121 Å². The molecule has 0 saturated heterocycles. The van der Waals surface area contributed by atoms with E-state index in [-0.39, 0.29) is 0 Å². The van der Waals surface area contributed by atoms with Crippen molar-refractivity contribution in [3.63, 3.8) is 0 Å². The van der Waals surface area contributed by atoms with Crippen LogP contribution in [0.3, 0.4) is 0 Å². The Kier molecular flexibility index (Phi) is 7.42. The molecule has 11 rings (SSSR count). The maximum absolute atomic E-state index is 6.81. The normalized spacial score (nSPS) is 11.6. The van der Waals surface area contributed by atoms with Crippen molar-refractivity contribution in [1.29, 1.82) is 0 Å². The summed E-state index contributed by atoms with van der Waals surface area (Å²) >= 11 is 0. The van der Waals surface area contributed by atoms with Gasteiger partial charge in [0.15, 0.2) is 17.5 Å². The van der Waals surface area contributed by atoms with Gasteiger partial charge in [-0.3, -0.25) is 0 Å². The molecule has 0 amide bonds. The van der Waals surface area contributed by atoms with E-state index in [0.29, 0.717) is 17.5 Å². The zero-order valence-electron chi connectivity index (χ0n) is 30.1. The Morgan fingerprint density at radius 1 is 0.268 bits per heavy atom. The molecule has 3 heterocycles. The number of hydrogen-bond donors (Lipinski definition) is 0. The minimum atomic E-state index is 0.550. The SMILES string of the molecule is c1ccc(-c2cccc(-c3nc(-c4ccccc4)nc(-c4cccc5c4oc4cc(-c6cc(-c7ccccc7)c7oc8ccccc8c7c6)ccc45)n3)c2)cc1. The number of para-hydroxylation sites is 2. The highest BCUT2D eigenvalue weighted by molar-refractivity contribution is 6.13. The van der Waals surface area contributed by atoms with Crippen molar-refractivity contribution in [1.82, 2.24) is 15.0 Å². The number of hydrogen-bond acceptors (Lipinski definition) is 5. The molecule has 56 heavy (non-hydrogen) atoms. The first-order valence-electron chi connectivity index (χ1n) is 18.7. The van der Waals surface area contributed by atoms with E-state index in [4.69, 9.17) is 23.8 Å². The van der Waals surface area contributed by atoms with Gasteiger partial charge in [-0.1, -0.05) is 146 Å². The highest BCUT2D eigenvalue weighted by atomic mass is 16.3. The van der Waals surface area contributed by atoms with Gasteiger partial charge < -0.3 is 8.83 Å². The van der Waals surface area contributed by atoms with Crippen LogP contribution < -0.4 is 0 Å². The molecule has 3 aromatic heterocycles. The maximum Gasteiger partial charge on any atom is 0.167 e. The van der Waals surface area contributed by atoms with Gasteiger partial charge in [0.05, 0.1) is 5.56 Å². The van der Waals surface area contributed by atoms with Crippen molar-refractivity contribution in [3.05, 3.63) is 188 Å². The van der Waals surface area contributed by atoms with Crippen LogP contribution in [-0.4, -0.2) is 15.0 Å². The van der Waals surface area contributed by atoms with Gasteiger partial charge in [-0.2, -0.15) is 0 Å². The van der Waals surface area contributed by atoms with Gasteiger partial charge >= 0.3 is 0 Å². The van der Waals surface area contributed by atoms with Gasteiger partial charge in [0.1, 0.15) is 22.3 Å². The Balaban J connectivity index is 1.07. The maximum atomic E-state index is 6.81. The van der Waals surface area contributed by atoms with Crippen molar-refractivity contribution in [3.8, 4) is 67.5 Å². The van der Waals surface area contributed by atoms with Crippen LogP contribution in [0.25, 0.3) is 111 Å². The summed E-state index contributed by atoms with van der Waals surface area (Å²) in [6.45, 7) is 0. The third-order valence-corrected chi connectivity index (χ3v) is 10.5. The van der Waals surface area contributed by atoms with Gasteiger partial charge in [0.25, 0.3) is 0 Å². The molecule has 11 aromatic rings. The molecular formula is C51H31N3O2. The number of furan rings is 2. The molecule has 0 saturated carbocycles. The minimum absolute atomic E-state index is 0.550. The molecule has 0 unspecified atom stereocenters. The smallest absolute Gasteiger partial charge is 0.167 e. The molecule has 262 valence electrons. The van der Waals surface area contributed by atoms with E-state index in [1.165, 1.54) is 0 Å². The summed E-state index contributed by atoms with van der Waals surface area (Å²) in [5, 5.41) is 4.20. The van der Waals surface area contributed by atoms with Gasteiger partial charge in [-0.25, -0.2) is 15.0 Å². The van der Waals surface area contributed by atoms with E-state index in [9.17, 15) is 0 Å². The summed E-state index contributed by atoms with van der Waals surface area (Å²) in [7, 11) is 0. The van der Waals surface area contributed by atoms with Gasteiger partial charge in [0, 0.05) is 38.2 Å². The van der Waals surface area contributed by atoms with Crippen molar-refractivity contribution >= 4 is 43.9 Å². The number of rotatable bonds is 6. The Morgan fingerprint density at radius 3 is 1.62 bits per heavy atom. The molecule has 0 radical (unpaired) electrons. The number of fused-ring (bicyclic) bond motifs is 6. The zero-order valence-corrected chi connectivity index (χ0v) is 30.1. The quantitative estimate of drug-likeness (QED) is 0.171. The van der Waals surface area contributed by atoms with Crippen LogP contribution in [0.15, 0.2) is 197 Å². The fourth-order valence-corrected chi connectivity index (χ4v) is 7.79. The van der Waals surface area contributed by atoms with Gasteiger partial charge in [-0.05, 0) is 70.3 Å². The summed E-state index contributed by atoms with van der Waals surface area (Å²) in [4.78, 5) is 15.2. The molecule has 5 nitrogen and oxygen atoms in total. The first kappa shape index (κ1) is 31.9. The molecule has 0 N–H and O–H groups in total. The Hall–Kier alpha value is -7.63.